The molecule has 0 fully saturated rings. The maximum Gasteiger partial charge on any atom is 0.633 e. The minimum absolute atomic E-state index is 0.0991. The van der Waals surface area contributed by atoms with Crippen molar-refractivity contribution in [3.8, 4) is 33.8 Å². The van der Waals surface area contributed by atoms with Crippen LogP contribution in [0, 0.1) is 0 Å². The SMILES string of the molecule is CC1(C)c2ccccc2N(c2cc3c4c(c2)-c2ccccc2OB4Oc2ccccc2-3)c2ccccc21. The van der Waals surface area contributed by atoms with Crippen molar-refractivity contribution in [2.24, 2.45) is 0 Å². The van der Waals surface area contributed by atoms with Gasteiger partial charge in [0, 0.05) is 27.7 Å². The summed E-state index contributed by atoms with van der Waals surface area (Å²) in [5, 5.41) is 0. The van der Waals surface area contributed by atoms with Crippen molar-refractivity contribution in [3.05, 3.63) is 120 Å². The Bertz CT molecular complexity index is 1620. The molecule has 3 aliphatic rings. The third-order valence-corrected chi connectivity index (χ3v) is 8.12. The highest BCUT2D eigenvalue weighted by atomic mass is 16.6. The predicted octanol–water partition coefficient (Wildman–Crippen LogP) is 7.61. The molecular formula is C33H24BNO2. The lowest BCUT2D eigenvalue weighted by Gasteiger charge is -2.42. The number of rotatable bonds is 1. The molecule has 176 valence electrons. The Morgan fingerprint density at radius 1 is 0.568 bits per heavy atom. The van der Waals surface area contributed by atoms with Gasteiger partial charge in [0.2, 0.25) is 0 Å². The second-order valence-electron chi connectivity index (χ2n) is 10.5. The minimum Gasteiger partial charge on any atom is -0.521 e. The standard InChI is InChI=1S/C33H24BNO2/c1-33(2)26-13-5-7-15-28(26)35(29-16-8-6-14-27(29)33)21-19-24-22-11-3-9-17-30(22)36-34-32(24)25(20-21)23-12-4-10-18-31(23)37-34/h3-20H,1-2H3. The normalized spacial score (nSPS) is 15.3. The first-order chi connectivity index (χ1) is 18.1. The molecule has 3 aliphatic heterocycles. The summed E-state index contributed by atoms with van der Waals surface area (Å²) in [5.74, 6) is 1.70. The first-order valence-electron chi connectivity index (χ1n) is 12.8. The summed E-state index contributed by atoms with van der Waals surface area (Å²) in [6.07, 6.45) is 0. The molecule has 3 heterocycles. The fourth-order valence-corrected chi connectivity index (χ4v) is 6.37. The van der Waals surface area contributed by atoms with Crippen LogP contribution in [0.25, 0.3) is 22.3 Å². The zero-order chi connectivity index (χ0) is 24.7. The highest BCUT2D eigenvalue weighted by Crippen LogP contribution is 2.53. The molecule has 5 aromatic carbocycles. The maximum absolute atomic E-state index is 6.39. The maximum atomic E-state index is 6.39. The van der Waals surface area contributed by atoms with E-state index in [2.05, 4.69) is 104 Å². The van der Waals surface area contributed by atoms with Crippen LogP contribution in [-0.4, -0.2) is 7.12 Å². The first kappa shape index (κ1) is 20.7. The van der Waals surface area contributed by atoms with E-state index in [0.29, 0.717) is 0 Å². The summed E-state index contributed by atoms with van der Waals surface area (Å²) >= 11 is 0. The molecule has 0 saturated heterocycles. The van der Waals surface area contributed by atoms with Crippen molar-refractivity contribution < 1.29 is 9.31 Å². The van der Waals surface area contributed by atoms with Gasteiger partial charge in [0.05, 0.1) is 11.4 Å². The molecule has 0 aliphatic carbocycles. The molecule has 0 atom stereocenters. The Morgan fingerprint density at radius 3 is 1.57 bits per heavy atom. The minimum atomic E-state index is -0.469. The van der Waals surface area contributed by atoms with E-state index in [0.717, 1.165) is 44.9 Å². The van der Waals surface area contributed by atoms with Crippen LogP contribution in [0.3, 0.4) is 0 Å². The van der Waals surface area contributed by atoms with Gasteiger partial charge >= 0.3 is 7.12 Å². The zero-order valence-corrected chi connectivity index (χ0v) is 20.7. The highest BCUT2D eigenvalue weighted by molar-refractivity contribution is 6.68. The largest absolute Gasteiger partial charge is 0.633 e. The van der Waals surface area contributed by atoms with E-state index >= 15 is 0 Å². The van der Waals surface area contributed by atoms with Crippen molar-refractivity contribution in [2.75, 3.05) is 4.90 Å². The van der Waals surface area contributed by atoms with Crippen molar-refractivity contribution in [3.63, 3.8) is 0 Å². The van der Waals surface area contributed by atoms with Crippen molar-refractivity contribution in [1.82, 2.24) is 0 Å². The van der Waals surface area contributed by atoms with Crippen molar-refractivity contribution >= 4 is 29.6 Å². The summed E-state index contributed by atoms with van der Waals surface area (Å²) in [6, 6.07) is 38.8. The van der Waals surface area contributed by atoms with Gasteiger partial charge in [0.1, 0.15) is 11.5 Å². The fourth-order valence-electron chi connectivity index (χ4n) is 6.37. The Kier molecular flexibility index (Phi) is 4.09. The summed E-state index contributed by atoms with van der Waals surface area (Å²) in [6.45, 7) is 4.65. The third kappa shape index (κ3) is 2.78. The van der Waals surface area contributed by atoms with E-state index in [-0.39, 0.29) is 5.41 Å². The van der Waals surface area contributed by atoms with Crippen LogP contribution in [0.1, 0.15) is 25.0 Å². The molecule has 8 rings (SSSR count). The number of benzene rings is 5. The Labute approximate surface area is 217 Å². The fraction of sp³-hybridized carbons (Fsp3) is 0.0909. The van der Waals surface area contributed by atoms with Crippen LogP contribution in [-0.2, 0) is 5.41 Å². The average Bonchev–Trinajstić information content (AvgIpc) is 2.93. The van der Waals surface area contributed by atoms with Crippen LogP contribution in [0.15, 0.2) is 109 Å². The van der Waals surface area contributed by atoms with Gasteiger partial charge in [-0.2, -0.15) is 0 Å². The molecule has 3 nitrogen and oxygen atoms in total. The zero-order valence-electron chi connectivity index (χ0n) is 20.7. The topological polar surface area (TPSA) is 21.7 Å². The number of nitrogens with zero attached hydrogens (tertiary/aromatic N) is 1. The van der Waals surface area contributed by atoms with Crippen molar-refractivity contribution in [2.45, 2.75) is 19.3 Å². The van der Waals surface area contributed by atoms with Crippen LogP contribution in [0.2, 0.25) is 0 Å². The molecule has 0 radical (unpaired) electrons. The smallest absolute Gasteiger partial charge is 0.521 e. The first-order valence-corrected chi connectivity index (χ1v) is 12.8. The Balaban J connectivity index is 1.46. The molecule has 5 aromatic rings. The molecule has 0 N–H and O–H groups in total. The van der Waals surface area contributed by atoms with Gasteiger partial charge in [-0.25, -0.2) is 0 Å². The van der Waals surface area contributed by atoms with E-state index in [1.807, 2.05) is 24.3 Å². The van der Waals surface area contributed by atoms with E-state index in [1.54, 1.807) is 0 Å². The molecule has 0 aromatic heterocycles. The molecular weight excluding hydrogens is 453 g/mol. The molecule has 0 saturated carbocycles. The number of fused-ring (bicyclic) bond motifs is 6. The summed E-state index contributed by atoms with van der Waals surface area (Å²) in [5.41, 5.74) is 11.7. The molecule has 0 amide bonds. The lowest BCUT2D eigenvalue weighted by molar-refractivity contribution is 0.436. The van der Waals surface area contributed by atoms with Gasteiger partial charge in [0.15, 0.2) is 0 Å². The van der Waals surface area contributed by atoms with E-state index in [4.69, 9.17) is 9.31 Å². The number of hydrogen-bond donors (Lipinski definition) is 0. The third-order valence-electron chi connectivity index (χ3n) is 8.12. The molecule has 0 spiro atoms. The molecule has 0 bridgehead atoms. The predicted molar refractivity (Wildman–Crippen MR) is 151 cm³/mol. The summed E-state index contributed by atoms with van der Waals surface area (Å²) < 4.78 is 12.8. The van der Waals surface area contributed by atoms with Gasteiger partial charge in [0.25, 0.3) is 0 Å². The van der Waals surface area contributed by atoms with Crippen LogP contribution >= 0.6 is 0 Å². The highest BCUT2D eigenvalue weighted by Gasteiger charge is 2.43. The average molecular weight is 477 g/mol. The Hall–Kier alpha value is -4.44. The van der Waals surface area contributed by atoms with Gasteiger partial charge in [-0.1, -0.05) is 86.6 Å². The van der Waals surface area contributed by atoms with E-state index in [9.17, 15) is 0 Å². The van der Waals surface area contributed by atoms with Crippen molar-refractivity contribution in [1.29, 1.82) is 0 Å². The van der Waals surface area contributed by atoms with Gasteiger partial charge < -0.3 is 14.2 Å². The lowest BCUT2D eigenvalue weighted by Crippen LogP contribution is -2.49. The van der Waals surface area contributed by atoms with E-state index < -0.39 is 7.12 Å². The number of hydrogen-bond acceptors (Lipinski definition) is 3. The second kappa shape index (κ2) is 7.30. The molecule has 4 heteroatoms. The van der Waals surface area contributed by atoms with Gasteiger partial charge in [-0.3, -0.25) is 0 Å². The van der Waals surface area contributed by atoms with Crippen LogP contribution < -0.4 is 19.7 Å². The molecule has 0 unspecified atom stereocenters. The summed E-state index contributed by atoms with van der Waals surface area (Å²) in [4.78, 5) is 2.43. The quantitative estimate of drug-likeness (QED) is 0.232. The van der Waals surface area contributed by atoms with Gasteiger partial charge in [-0.15, -0.1) is 0 Å². The van der Waals surface area contributed by atoms with Crippen LogP contribution in [0.4, 0.5) is 17.1 Å². The number of para-hydroxylation sites is 4. The van der Waals surface area contributed by atoms with E-state index in [1.165, 1.54) is 22.5 Å². The monoisotopic (exact) mass is 477 g/mol. The lowest BCUT2D eigenvalue weighted by atomic mass is 9.66. The summed E-state index contributed by atoms with van der Waals surface area (Å²) in [7, 11) is -0.469. The second-order valence-corrected chi connectivity index (χ2v) is 10.5. The molecule has 37 heavy (non-hydrogen) atoms. The number of anilines is 3. The van der Waals surface area contributed by atoms with Gasteiger partial charge in [-0.05, 0) is 58.7 Å². The Morgan fingerprint density at radius 2 is 1.03 bits per heavy atom. The van der Waals surface area contributed by atoms with Crippen LogP contribution in [0.5, 0.6) is 11.5 Å².